The number of carbonyl (C=O) groups excluding carboxylic acids is 1. The number of halogens is 1. The molecule has 2 aromatic rings. The Balaban J connectivity index is 0.00000121. The molecule has 1 amide bonds. The molecular formula is C31H42FN7O3S. The van der Waals surface area contributed by atoms with E-state index in [4.69, 9.17) is 9.47 Å². The lowest BCUT2D eigenvalue weighted by Crippen LogP contribution is -2.34. The summed E-state index contributed by atoms with van der Waals surface area (Å²) in [6, 6.07) is 3.02. The third kappa shape index (κ3) is 9.08. The number of dihydropyridines is 1. The zero-order valence-electron chi connectivity index (χ0n) is 25.9. The minimum atomic E-state index is -1.17. The molecule has 3 atom stereocenters. The summed E-state index contributed by atoms with van der Waals surface area (Å²) in [4.78, 5) is 18.0. The summed E-state index contributed by atoms with van der Waals surface area (Å²) in [6.07, 6.45) is 7.78. The van der Waals surface area contributed by atoms with Crippen LogP contribution in [0.15, 0.2) is 47.7 Å². The highest BCUT2D eigenvalue weighted by atomic mass is 32.2. The molecule has 43 heavy (non-hydrogen) atoms. The minimum absolute atomic E-state index is 0.212. The van der Waals surface area contributed by atoms with Gasteiger partial charge in [-0.3, -0.25) is 25.2 Å². The number of hydrogen-bond acceptors (Lipinski definition) is 9. The first kappa shape index (κ1) is 33.7. The number of ether oxygens (including phenoxy) is 2. The van der Waals surface area contributed by atoms with Crippen LogP contribution >= 0.6 is 11.8 Å². The van der Waals surface area contributed by atoms with Gasteiger partial charge in [-0.1, -0.05) is 39.5 Å². The summed E-state index contributed by atoms with van der Waals surface area (Å²) in [6.45, 7) is 10.6. The number of hydrogen-bond donors (Lipinski definition) is 3. The van der Waals surface area contributed by atoms with Gasteiger partial charge in [0, 0.05) is 42.8 Å². The molecule has 1 aliphatic carbocycles. The van der Waals surface area contributed by atoms with Crippen LogP contribution in [0.5, 0.6) is 0 Å². The van der Waals surface area contributed by atoms with Crippen molar-refractivity contribution in [1.82, 2.24) is 30.8 Å². The number of alkyl halides is 1. The molecular weight excluding hydrogens is 569 g/mol. The van der Waals surface area contributed by atoms with Crippen LogP contribution in [-0.4, -0.2) is 64.3 Å². The Bertz CT molecular complexity index is 1390. The molecule has 232 valence electrons. The van der Waals surface area contributed by atoms with Crippen LogP contribution in [0.2, 0.25) is 0 Å². The lowest BCUT2D eigenvalue weighted by Gasteiger charge is -2.25. The van der Waals surface area contributed by atoms with Crippen molar-refractivity contribution in [2.45, 2.75) is 71.6 Å². The van der Waals surface area contributed by atoms with Crippen molar-refractivity contribution in [2.75, 3.05) is 20.8 Å². The molecule has 3 N–H and O–H groups in total. The second kappa shape index (κ2) is 16.7. The average molecular weight is 612 g/mol. The number of methoxy groups -OCH3 is 2. The van der Waals surface area contributed by atoms with E-state index in [0.717, 1.165) is 12.8 Å². The van der Waals surface area contributed by atoms with Gasteiger partial charge in [-0.25, -0.2) is 4.39 Å². The van der Waals surface area contributed by atoms with Crippen molar-refractivity contribution in [3.05, 3.63) is 53.7 Å². The van der Waals surface area contributed by atoms with Gasteiger partial charge in [-0.2, -0.15) is 10.2 Å². The second-order valence-corrected chi connectivity index (χ2v) is 10.4. The van der Waals surface area contributed by atoms with Gasteiger partial charge in [0.15, 0.2) is 10.5 Å². The van der Waals surface area contributed by atoms with E-state index in [9.17, 15) is 9.18 Å². The molecule has 0 radical (unpaired) electrons. The average Bonchev–Trinajstić information content (AvgIpc) is 3.57. The van der Waals surface area contributed by atoms with Crippen molar-refractivity contribution in [2.24, 2.45) is 11.0 Å². The Morgan fingerprint density at radius 2 is 2.00 bits per heavy atom. The lowest BCUT2D eigenvalue weighted by molar-refractivity contribution is 0.0977. The molecule has 12 heteroatoms. The molecule has 0 aromatic carbocycles. The fraction of sp³-hybridized carbons (Fsp3) is 0.484. The Labute approximate surface area is 258 Å². The van der Waals surface area contributed by atoms with E-state index in [1.807, 2.05) is 40.0 Å². The van der Waals surface area contributed by atoms with Gasteiger partial charge >= 0.3 is 0 Å². The van der Waals surface area contributed by atoms with Crippen LogP contribution in [-0.2, 0) is 16.0 Å². The highest BCUT2D eigenvalue weighted by Crippen LogP contribution is 2.32. The predicted molar refractivity (Wildman–Crippen MR) is 171 cm³/mol. The Morgan fingerprint density at radius 1 is 1.23 bits per heavy atom. The predicted octanol–water partition coefficient (Wildman–Crippen LogP) is 4.92. The van der Waals surface area contributed by atoms with E-state index in [0.29, 0.717) is 52.5 Å². The maximum Gasteiger partial charge on any atom is 0.259 e. The first-order valence-corrected chi connectivity index (χ1v) is 15.5. The van der Waals surface area contributed by atoms with E-state index in [1.54, 1.807) is 30.1 Å². The van der Waals surface area contributed by atoms with Crippen molar-refractivity contribution in [3.63, 3.8) is 0 Å². The van der Waals surface area contributed by atoms with Gasteiger partial charge in [-0.05, 0) is 49.7 Å². The number of amides is 1. The molecule has 0 saturated heterocycles. The maximum atomic E-state index is 14.3. The number of carbonyl (C=O) groups is 1. The van der Waals surface area contributed by atoms with Crippen LogP contribution in [0.3, 0.4) is 0 Å². The maximum absolute atomic E-state index is 14.3. The number of aromatic nitrogens is 3. The molecule has 2 aromatic heterocycles. The molecule has 1 saturated carbocycles. The van der Waals surface area contributed by atoms with Gasteiger partial charge in [0.2, 0.25) is 0 Å². The van der Waals surface area contributed by atoms with Gasteiger partial charge < -0.3 is 14.8 Å². The quantitative estimate of drug-likeness (QED) is 0.361. The third-order valence-corrected chi connectivity index (χ3v) is 7.20. The number of thioether (sulfide) groups is 1. The van der Waals surface area contributed by atoms with Crippen molar-refractivity contribution < 1.29 is 18.7 Å². The SMILES string of the molecule is CC.CC.COCCn1ccc(-c2cc(C3=CC(C(C)F)NC=C3OC)c(C(=O)NC3=NNC(C#CC4CC4)S3)cn2)n1. The minimum Gasteiger partial charge on any atom is -0.495 e. The Hall–Kier alpha value is -3.82. The fourth-order valence-corrected chi connectivity index (χ4v) is 4.72. The largest absolute Gasteiger partial charge is 0.495 e. The van der Waals surface area contributed by atoms with E-state index in [-0.39, 0.29) is 10.9 Å². The molecule has 2 aliphatic heterocycles. The summed E-state index contributed by atoms with van der Waals surface area (Å²) < 4.78 is 26.8. The summed E-state index contributed by atoms with van der Waals surface area (Å²) >= 11 is 1.34. The standard InChI is InChI=1S/C27H30FN7O3S.2C2H6/c1-16(28)22-13-19(24(38-3)15-30-22)18-12-23(21-8-9-35(34-21)10-11-37-2)29-14-20(18)26(36)31-27-33-32-25(39-27)7-6-17-4-5-17;2*1-2/h8-9,12-17,22,25,30,32H,4-5,10-11H2,1-3H3,(H,31,33,36);2*1-2H3. The topological polar surface area (TPSA) is 115 Å². The van der Waals surface area contributed by atoms with E-state index < -0.39 is 18.1 Å². The van der Waals surface area contributed by atoms with Gasteiger partial charge in [0.25, 0.3) is 5.91 Å². The zero-order chi connectivity index (χ0) is 31.4. The highest BCUT2D eigenvalue weighted by Gasteiger charge is 2.28. The number of allylic oxidation sites excluding steroid dienone is 1. The van der Waals surface area contributed by atoms with Gasteiger partial charge in [0.05, 0.1) is 37.6 Å². The Morgan fingerprint density at radius 3 is 2.67 bits per heavy atom. The first-order valence-electron chi connectivity index (χ1n) is 14.7. The molecule has 5 rings (SSSR count). The zero-order valence-corrected chi connectivity index (χ0v) is 26.7. The van der Waals surface area contributed by atoms with Crippen molar-refractivity contribution in [1.29, 1.82) is 0 Å². The number of nitrogens with one attached hydrogen (secondary N) is 3. The molecule has 1 fully saturated rings. The van der Waals surface area contributed by atoms with Crippen LogP contribution < -0.4 is 16.1 Å². The molecule has 4 heterocycles. The summed E-state index contributed by atoms with van der Waals surface area (Å²) in [5, 5.41) is 14.9. The molecule has 3 unspecified atom stereocenters. The van der Waals surface area contributed by atoms with Crippen molar-refractivity contribution in [3.8, 4) is 23.2 Å². The van der Waals surface area contributed by atoms with Crippen LogP contribution in [0.25, 0.3) is 17.0 Å². The third-order valence-electron chi connectivity index (χ3n) is 6.33. The molecule has 3 aliphatic rings. The van der Waals surface area contributed by atoms with E-state index in [2.05, 4.69) is 43.1 Å². The van der Waals surface area contributed by atoms with Crippen LogP contribution in [0, 0.1) is 17.8 Å². The highest BCUT2D eigenvalue weighted by molar-refractivity contribution is 8.14. The summed E-state index contributed by atoms with van der Waals surface area (Å²) in [5.41, 5.74) is 5.52. The van der Waals surface area contributed by atoms with E-state index >= 15 is 0 Å². The number of nitrogens with zero attached hydrogens (tertiary/aromatic N) is 4. The second-order valence-electron chi connectivity index (χ2n) is 9.30. The van der Waals surface area contributed by atoms with Gasteiger partial charge in [0.1, 0.15) is 17.6 Å². The number of amidine groups is 1. The Kier molecular flexibility index (Phi) is 13.1. The van der Waals surface area contributed by atoms with Gasteiger partial charge in [-0.15, -0.1) is 0 Å². The van der Waals surface area contributed by atoms with Crippen molar-refractivity contribution >= 4 is 28.4 Å². The number of rotatable bonds is 8. The van der Waals surface area contributed by atoms with E-state index in [1.165, 1.54) is 32.0 Å². The first-order chi connectivity index (χ1) is 20.9. The smallest absolute Gasteiger partial charge is 0.259 e. The molecule has 10 nitrogen and oxygen atoms in total. The molecule has 0 spiro atoms. The fourth-order valence-electron chi connectivity index (χ4n) is 4.01. The summed E-state index contributed by atoms with van der Waals surface area (Å²) in [7, 11) is 3.16. The van der Waals surface area contributed by atoms with Crippen LogP contribution in [0.4, 0.5) is 4.39 Å². The summed E-state index contributed by atoms with van der Waals surface area (Å²) in [5.74, 6) is 6.89. The number of pyridine rings is 1. The normalized spacial score (nSPS) is 19.2. The monoisotopic (exact) mass is 611 g/mol. The lowest BCUT2D eigenvalue weighted by atomic mass is 9.93. The number of hydrazone groups is 1. The molecule has 0 bridgehead atoms. The van der Waals surface area contributed by atoms with Crippen LogP contribution in [0.1, 0.15) is 63.4 Å².